The number of hydrogen-bond acceptors (Lipinski definition) is 5. The number of halogens is 3. The van der Waals surface area contributed by atoms with Crippen molar-refractivity contribution in [3.8, 4) is 5.88 Å². The molecule has 0 bridgehead atoms. The van der Waals surface area contributed by atoms with Gasteiger partial charge in [-0.2, -0.15) is 0 Å². The molecule has 1 amide bonds. The van der Waals surface area contributed by atoms with Gasteiger partial charge in [0, 0.05) is 37.5 Å². The Balaban J connectivity index is 1.59. The SMILES string of the molecule is CC(Oc1ccc(Cl)cn1)C1CC(c2ccc(Cl)c(Cl)c2)CN1C(=O)c1ccc(CN(C)C)nc1. The van der Waals surface area contributed by atoms with Crippen LogP contribution in [0.2, 0.25) is 15.1 Å². The van der Waals surface area contributed by atoms with E-state index in [1.807, 2.05) is 55.1 Å². The van der Waals surface area contributed by atoms with E-state index < -0.39 is 0 Å². The van der Waals surface area contributed by atoms with Crippen molar-refractivity contribution in [2.75, 3.05) is 20.6 Å². The fourth-order valence-electron chi connectivity index (χ4n) is 4.39. The number of pyridine rings is 2. The first-order chi connectivity index (χ1) is 16.7. The third-order valence-electron chi connectivity index (χ3n) is 6.12. The molecule has 0 saturated carbocycles. The van der Waals surface area contributed by atoms with Crippen molar-refractivity contribution in [3.05, 3.63) is 86.7 Å². The van der Waals surface area contributed by atoms with Crippen molar-refractivity contribution in [3.63, 3.8) is 0 Å². The van der Waals surface area contributed by atoms with E-state index in [0.29, 0.717) is 46.0 Å². The van der Waals surface area contributed by atoms with Crippen LogP contribution in [0.25, 0.3) is 0 Å². The Morgan fingerprint density at radius 3 is 2.51 bits per heavy atom. The number of nitrogens with zero attached hydrogens (tertiary/aromatic N) is 4. The van der Waals surface area contributed by atoms with Gasteiger partial charge in [0.05, 0.1) is 32.4 Å². The summed E-state index contributed by atoms with van der Waals surface area (Å²) in [5, 5.41) is 1.54. The standard InChI is InChI=1S/C26H27Cl3N4O2/c1-16(35-25-9-6-20(27)13-31-25)24-11-19(17-5-8-22(28)23(29)10-17)14-33(24)26(34)18-4-7-21(30-12-18)15-32(2)3/h4-10,12-13,16,19,24H,11,14-15H2,1-3H3. The summed E-state index contributed by atoms with van der Waals surface area (Å²) < 4.78 is 6.13. The van der Waals surface area contributed by atoms with E-state index in [-0.39, 0.29) is 24.0 Å². The average Bonchev–Trinajstić information content (AvgIpc) is 3.28. The van der Waals surface area contributed by atoms with E-state index in [9.17, 15) is 4.79 Å². The second kappa shape index (κ2) is 11.1. The normalized spacial score (nSPS) is 18.7. The molecule has 0 radical (unpaired) electrons. The smallest absolute Gasteiger partial charge is 0.255 e. The highest BCUT2D eigenvalue weighted by Crippen LogP contribution is 2.37. The van der Waals surface area contributed by atoms with E-state index in [1.54, 1.807) is 30.6 Å². The predicted octanol–water partition coefficient (Wildman–Crippen LogP) is 5.96. The van der Waals surface area contributed by atoms with E-state index in [0.717, 1.165) is 11.3 Å². The average molecular weight is 534 g/mol. The van der Waals surface area contributed by atoms with Crippen molar-refractivity contribution >= 4 is 40.7 Å². The molecule has 4 rings (SSSR count). The van der Waals surface area contributed by atoms with Crippen LogP contribution in [-0.4, -0.2) is 58.5 Å². The summed E-state index contributed by atoms with van der Waals surface area (Å²) >= 11 is 18.4. The third kappa shape index (κ3) is 6.25. The number of carbonyl (C=O) groups excluding carboxylic acids is 1. The summed E-state index contributed by atoms with van der Waals surface area (Å²) in [5.41, 5.74) is 2.49. The molecule has 0 aliphatic carbocycles. The molecule has 3 unspecified atom stereocenters. The molecule has 1 aromatic carbocycles. The number of hydrogen-bond donors (Lipinski definition) is 0. The van der Waals surface area contributed by atoms with Gasteiger partial charge in [-0.25, -0.2) is 4.98 Å². The van der Waals surface area contributed by atoms with Gasteiger partial charge in [0.25, 0.3) is 5.91 Å². The summed E-state index contributed by atoms with van der Waals surface area (Å²) in [7, 11) is 3.96. The molecule has 1 aliphatic rings. The zero-order valence-corrected chi connectivity index (χ0v) is 22.1. The van der Waals surface area contributed by atoms with E-state index in [2.05, 4.69) is 9.97 Å². The summed E-state index contributed by atoms with van der Waals surface area (Å²) in [6.07, 6.45) is 3.60. The number of aromatic nitrogens is 2. The first kappa shape index (κ1) is 25.7. The maximum atomic E-state index is 13.6. The molecule has 3 heterocycles. The minimum atomic E-state index is -0.304. The summed E-state index contributed by atoms with van der Waals surface area (Å²) in [6.45, 7) is 3.19. The molecule has 1 aliphatic heterocycles. The lowest BCUT2D eigenvalue weighted by Gasteiger charge is -2.29. The number of carbonyl (C=O) groups is 1. The molecule has 0 N–H and O–H groups in total. The molecule has 35 heavy (non-hydrogen) atoms. The molecular weight excluding hydrogens is 507 g/mol. The number of benzene rings is 1. The van der Waals surface area contributed by atoms with Gasteiger partial charge in [0.2, 0.25) is 5.88 Å². The van der Waals surface area contributed by atoms with Crippen molar-refractivity contribution in [2.45, 2.75) is 38.0 Å². The molecule has 3 aromatic rings. The Morgan fingerprint density at radius 2 is 1.89 bits per heavy atom. The Morgan fingerprint density at radius 1 is 1.09 bits per heavy atom. The fraction of sp³-hybridized carbons (Fsp3) is 0.346. The van der Waals surface area contributed by atoms with Crippen molar-refractivity contribution in [2.24, 2.45) is 0 Å². The monoisotopic (exact) mass is 532 g/mol. The summed E-state index contributed by atoms with van der Waals surface area (Å²) in [6, 6.07) is 12.6. The summed E-state index contributed by atoms with van der Waals surface area (Å²) in [5.74, 6) is 0.465. The van der Waals surface area contributed by atoms with Crippen LogP contribution >= 0.6 is 34.8 Å². The molecule has 2 aromatic heterocycles. The molecule has 6 nitrogen and oxygen atoms in total. The lowest BCUT2D eigenvalue weighted by molar-refractivity contribution is 0.0580. The van der Waals surface area contributed by atoms with Crippen LogP contribution in [0.4, 0.5) is 0 Å². The Bertz CT molecular complexity index is 1170. The van der Waals surface area contributed by atoms with E-state index >= 15 is 0 Å². The third-order valence-corrected chi connectivity index (χ3v) is 7.08. The van der Waals surface area contributed by atoms with E-state index in [4.69, 9.17) is 39.5 Å². The van der Waals surface area contributed by atoms with Crippen LogP contribution in [0.1, 0.15) is 40.9 Å². The molecule has 1 fully saturated rings. The predicted molar refractivity (Wildman–Crippen MR) is 140 cm³/mol. The van der Waals surface area contributed by atoms with Gasteiger partial charge in [-0.3, -0.25) is 9.78 Å². The largest absolute Gasteiger partial charge is 0.472 e. The van der Waals surface area contributed by atoms with Crippen molar-refractivity contribution in [1.82, 2.24) is 19.8 Å². The minimum Gasteiger partial charge on any atom is -0.472 e. The zero-order valence-electron chi connectivity index (χ0n) is 19.8. The Kier molecular flexibility index (Phi) is 8.17. The minimum absolute atomic E-state index is 0.0824. The molecule has 3 atom stereocenters. The van der Waals surface area contributed by atoms with Crippen molar-refractivity contribution < 1.29 is 9.53 Å². The van der Waals surface area contributed by atoms with Crippen molar-refractivity contribution in [1.29, 1.82) is 0 Å². The van der Waals surface area contributed by atoms with Crippen LogP contribution in [0.15, 0.2) is 54.9 Å². The zero-order chi connectivity index (χ0) is 25.1. The topological polar surface area (TPSA) is 58.6 Å². The highest BCUT2D eigenvalue weighted by Gasteiger charge is 2.40. The maximum Gasteiger partial charge on any atom is 0.255 e. The van der Waals surface area contributed by atoms with Gasteiger partial charge in [0.15, 0.2) is 0 Å². The second-order valence-electron chi connectivity index (χ2n) is 9.04. The molecule has 0 spiro atoms. The quantitative estimate of drug-likeness (QED) is 0.375. The number of rotatable bonds is 7. The highest BCUT2D eigenvalue weighted by molar-refractivity contribution is 6.42. The van der Waals surface area contributed by atoms with Gasteiger partial charge in [0.1, 0.15) is 6.10 Å². The highest BCUT2D eigenvalue weighted by atomic mass is 35.5. The Hall–Kier alpha value is -2.38. The maximum absolute atomic E-state index is 13.6. The number of ether oxygens (including phenoxy) is 1. The first-order valence-corrected chi connectivity index (χ1v) is 12.5. The van der Waals surface area contributed by atoms with Gasteiger partial charge in [-0.15, -0.1) is 0 Å². The first-order valence-electron chi connectivity index (χ1n) is 11.3. The molecule has 1 saturated heterocycles. The van der Waals surface area contributed by atoms with Gasteiger partial charge >= 0.3 is 0 Å². The van der Waals surface area contributed by atoms with Crippen LogP contribution in [0.5, 0.6) is 5.88 Å². The van der Waals surface area contributed by atoms with Gasteiger partial charge in [-0.05, 0) is 63.3 Å². The van der Waals surface area contributed by atoms with Gasteiger partial charge < -0.3 is 14.5 Å². The lowest BCUT2D eigenvalue weighted by Crippen LogP contribution is -2.44. The summed E-state index contributed by atoms with van der Waals surface area (Å²) in [4.78, 5) is 26.3. The number of likely N-dealkylation sites (tertiary alicyclic amines) is 1. The fourth-order valence-corrected chi connectivity index (χ4v) is 4.81. The Labute approximate surface area is 220 Å². The number of amides is 1. The van der Waals surface area contributed by atoms with E-state index in [1.165, 1.54) is 0 Å². The molecule has 9 heteroatoms. The van der Waals surface area contributed by atoms with Crippen LogP contribution in [0, 0.1) is 0 Å². The molecular formula is C26H27Cl3N4O2. The lowest BCUT2D eigenvalue weighted by atomic mass is 9.95. The second-order valence-corrected chi connectivity index (χ2v) is 10.3. The molecule has 184 valence electrons. The van der Waals surface area contributed by atoms with Crippen LogP contribution in [-0.2, 0) is 6.54 Å². The van der Waals surface area contributed by atoms with Crippen LogP contribution in [0.3, 0.4) is 0 Å². The van der Waals surface area contributed by atoms with Crippen LogP contribution < -0.4 is 4.74 Å². The van der Waals surface area contributed by atoms with Gasteiger partial charge in [-0.1, -0.05) is 40.9 Å².